The van der Waals surface area contributed by atoms with Gasteiger partial charge >= 0.3 is 0 Å². The molecular formula is C16H17NO3S. The van der Waals surface area contributed by atoms with Crippen molar-refractivity contribution in [2.24, 2.45) is 0 Å². The largest absolute Gasteiger partial charge is 0.493 e. The van der Waals surface area contributed by atoms with Crippen molar-refractivity contribution >= 4 is 10.0 Å². The highest BCUT2D eigenvalue weighted by atomic mass is 32.2. The molecule has 2 aromatic carbocycles. The molecule has 0 fully saturated rings. The maximum atomic E-state index is 12.5. The first kappa shape index (κ1) is 14.1. The van der Waals surface area contributed by atoms with Gasteiger partial charge in [-0.25, -0.2) is 13.1 Å². The second-order valence-electron chi connectivity index (χ2n) is 5.16. The number of sulfonamides is 1. The zero-order chi connectivity index (χ0) is 14.9. The van der Waals surface area contributed by atoms with Crippen LogP contribution in [0.1, 0.15) is 23.6 Å². The van der Waals surface area contributed by atoms with Crippen molar-refractivity contribution in [3.8, 4) is 5.75 Å². The predicted molar refractivity (Wildman–Crippen MR) is 80.8 cm³/mol. The summed E-state index contributed by atoms with van der Waals surface area (Å²) in [6, 6.07) is 14.1. The van der Waals surface area contributed by atoms with E-state index in [1.807, 2.05) is 31.2 Å². The fourth-order valence-corrected chi connectivity index (χ4v) is 3.69. The van der Waals surface area contributed by atoms with E-state index in [0.717, 1.165) is 16.9 Å². The molecule has 2 aromatic rings. The Labute approximate surface area is 124 Å². The van der Waals surface area contributed by atoms with Crippen LogP contribution in [-0.2, 0) is 10.0 Å². The zero-order valence-corrected chi connectivity index (χ0v) is 12.6. The number of benzene rings is 2. The first-order valence-electron chi connectivity index (χ1n) is 6.87. The van der Waals surface area contributed by atoms with Crippen LogP contribution in [0.15, 0.2) is 53.4 Å². The Hall–Kier alpha value is -1.85. The molecule has 0 saturated heterocycles. The Morgan fingerprint density at radius 1 is 1.10 bits per heavy atom. The molecule has 0 aromatic heterocycles. The molecule has 1 heterocycles. The minimum absolute atomic E-state index is 0.249. The van der Waals surface area contributed by atoms with Gasteiger partial charge in [0.25, 0.3) is 0 Å². The number of nitrogens with one attached hydrogen (secondary N) is 1. The summed E-state index contributed by atoms with van der Waals surface area (Å²) in [5.41, 5.74) is 1.92. The number of fused-ring (bicyclic) bond motifs is 1. The average Bonchev–Trinajstić information content (AvgIpc) is 2.48. The molecule has 0 bridgehead atoms. The minimum atomic E-state index is -3.52. The molecule has 110 valence electrons. The maximum absolute atomic E-state index is 12.5. The quantitative estimate of drug-likeness (QED) is 0.948. The molecule has 1 unspecified atom stereocenters. The summed E-state index contributed by atoms with van der Waals surface area (Å²) in [6.45, 7) is 2.44. The van der Waals surface area contributed by atoms with Gasteiger partial charge in [-0.15, -0.1) is 0 Å². The van der Waals surface area contributed by atoms with Gasteiger partial charge in [-0.1, -0.05) is 35.9 Å². The monoisotopic (exact) mass is 303 g/mol. The smallest absolute Gasteiger partial charge is 0.241 e. The summed E-state index contributed by atoms with van der Waals surface area (Å²) in [6.07, 6.45) is 0.627. The van der Waals surface area contributed by atoms with Crippen LogP contribution < -0.4 is 9.46 Å². The van der Waals surface area contributed by atoms with Crippen molar-refractivity contribution in [3.63, 3.8) is 0 Å². The van der Waals surface area contributed by atoms with Gasteiger partial charge in [0.15, 0.2) is 0 Å². The summed E-state index contributed by atoms with van der Waals surface area (Å²) < 4.78 is 33.3. The molecule has 21 heavy (non-hydrogen) atoms. The fourth-order valence-electron chi connectivity index (χ4n) is 2.44. The molecular weight excluding hydrogens is 286 g/mol. The molecule has 0 amide bonds. The molecule has 1 N–H and O–H groups in total. The first-order valence-corrected chi connectivity index (χ1v) is 8.35. The summed E-state index contributed by atoms with van der Waals surface area (Å²) in [4.78, 5) is 0.289. The highest BCUT2D eigenvalue weighted by molar-refractivity contribution is 7.89. The molecule has 0 spiro atoms. The highest BCUT2D eigenvalue weighted by Gasteiger charge is 2.26. The van der Waals surface area contributed by atoms with Crippen molar-refractivity contribution < 1.29 is 13.2 Å². The first-order chi connectivity index (χ1) is 10.1. The van der Waals surface area contributed by atoms with Crippen LogP contribution in [0.4, 0.5) is 0 Å². The van der Waals surface area contributed by atoms with Gasteiger partial charge in [0.05, 0.1) is 17.5 Å². The number of hydrogen-bond donors (Lipinski definition) is 1. The van der Waals surface area contributed by atoms with Gasteiger partial charge < -0.3 is 4.74 Å². The van der Waals surface area contributed by atoms with Crippen molar-refractivity contribution in [2.45, 2.75) is 24.3 Å². The van der Waals surface area contributed by atoms with E-state index in [4.69, 9.17) is 4.74 Å². The lowest BCUT2D eigenvalue weighted by molar-refractivity contribution is 0.263. The van der Waals surface area contributed by atoms with E-state index in [1.165, 1.54) is 0 Å². The van der Waals surface area contributed by atoms with Crippen molar-refractivity contribution in [2.75, 3.05) is 6.61 Å². The van der Waals surface area contributed by atoms with Crippen molar-refractivity contribution in [3.05, 3.63) is 59.7 Å². The Balaban J connectivity index is 1.88. The van der Waals surface area contributed by atoms with Crippen LogP contribution in [0.25, 0.3) is 0 Å². The molecule has 1 aliphatic rings. The van der Waals surface area contributed by atoms with Gasteiger partial charge in [0, 0.05) is 12.0 Å². The van der Waals surface area contributed by atoms with E-state index >= 15 is 0 Å². The minimum Gasteiger partial charge on any atom is -0.493 e. The molecule has 5 heteroatoms. The number of aryl methyl sites for hydroxylation is 1. The lowest BCUT2D eigenvalue weighted by atomic mass is 10.0. The van der Waals surface area contributed by atoms with Gasteiger partial charge in [-0.2, -0.15) is 0 Å². The number of rotatable bonds is 3. The van der Waals surface area contributed by atoms with Crippen molar-refractivity contribution in [1.82, 2.24) is 4.72 Å². The van der Waals surface area contributed by atoms with Gasteiger partial charge in [0.1, 0.15) is 5.75 Å². The summed E-state index contributed by atoms with van der Waals surface area (Å²) in [5.74, 6) is 0.750. The molecule has 0 radical (unpaired) electrons. The van der Waals surface area contributed by atoms with Crippen LogP contribution in [0.2, 0.25) is 0 Å². The number of hydrogen-bond acceptors (Lipinski definition) is 3. The lowest BCUT2D eigenvalue weighted by Crippen LogP contribution is -2.32. The van der Waals surface area contributed by atoms with Gasteiger partial charge in [-0.05, 0) is 25.1 Å². The van der Waals surface area contributed by atoms with E-state index in [1.54, 1.807) is 24.3 Å². The summed E-state index contributed by atoms with van der Waals surface area (Å²) in [7, 11) is -3.52. The zero-order valence-electron chi connectivity index (χ0n) is 11.7. The molecule has 1 aliphatic heterocycles. The van der Waals surface area contributed by atoms with E-state index in [9.17, 15) is 8.42 Å². The van der Waals surface area contributed by atoms with Gasteiger partial charge in [0.2, 0.25) is 10.0 Å². The third-order valence-corrected chi connectivity index (χ3v) is 5.07. The van der Waals surface area contributed by atoms with E-state index in [0.29, 0.717) is 13.0 Å². The van der Waals surface area contributed by atoms with Crippen LogP contribution in [-0.4, -0.2) is 15.0 Å². The maximum Gasteiger partial charge on any atom is 0.241 e. The summed E-state index contributed by atoms with van der Waals surface area (Å²) in [5, 5.41) is 0. The number of ether oxygens (including phenoxy) is 1. The second kappa shape index (κ2) is 5.50. The third kappa shape index (κ3) is 2.94. The SMILES string of the molecule is Cc1ccc(S(=O)(=O)NC2CCOc3ccccc32)cc1. The predicted octanol–water partition coefficient (Wildman–Crippen LogP) is 2.80. The molecule has 4 nitrogen and oxygen atoms in total. The summed E-state index contributed by atoms with van der Waals surface area (Å²) >= 11 is 0. The Kier molecular flexibility index (Phi) is 3.69. The standard InChI is InChI=1S/C16H17NO3S/c1-12-6-8-13(9-7-12)21(18,19)17-15-10-11-20-16-5-3-2-4-14(15)16/h2-9,15,17H,10-11H2,1H3. The second-order valence-corrected chi connectivity index (χ2v) is 6.88. The average molecular weight is 303 g/mol. The fraction of sp³-hybridized carbons (Fsp3) is 0.250. The topological polar surface area (TPSA) is 55.4 Å². The van der Waals surface area contributed by atoms with E-state index < -0.39 is 10.0 Å². The molecule has 0 aliphatic carbocycles. The van der Waals surface area contributed by atoms with Crippen molar-refractivity contribution in [1.29, 1.82) is 0 Å². The Morgan fingerprint density at radius 2 is 1.81 bits per heavy atom. The van der Waals surface area contributed by atoms with Gasteiger partial charge in [-0.3, -0.25) is 0 Å². The van der Waals surface area contributed by atoms with Crippen LogP contribution >= 0.6 is 0 Å². The molecule has 0 saturated carbocycles. The molecule has 3 rings (SSSR count). The van der Waals surface area contributed by atoms with Crippen LogP contribution in [0.5, 0.6) is 5.75 Å². The van der Waals surface area contributed by atoms with E-state index in [-0.39, 0.29) is 10.9 Å². The lowest BCUT2D eigenvalue weighted by Gasteiger charge is -2.26. The van der Waals surface area contributed by atoms with Crippen LogP contribution in [0, 0.1) is 6.92 Å². The van der Waals surface area contributed by atoms with E-state index in [2.05, 4.69) is 4.72 Å². The Bertz CT molecular complexity index is 738. The highest BCUT2D eigenvalue weighted by Crippen LogP contribution is 2.32. The van der Waals surface area contributed by atoms with Crippen LogP contribution in [0.3, 0.4) is 0 Å². The third-order valence-electron chi connectivity index (χ3n) is 3.59. The number of para-hydroxylation sites is 1. The normalized spacial score (nSPS) is 17.9. The molecule has 1 atom stereocenters. The Morgan fingerprint density at radius 3 is 2.57 bits per heavy atom.